The molecule has 2 aliphatic rings. The zero-order valence-electron chi connectivity index (χ0n) is 34.4. The number of thioether (sulfide) groups is 1. The number of rotatable bonds is 34. The first kappa shape index (κ1) is 49.2. The third-order valence-electron chi connectivity index (χ3n) is 10.6. The quantitative estimate of drug-likeness (QED) is 0.0412. The molecule has 56 heavy (non-hydrogen) atoms. The van der Waals surface area contributed by atoms with Gasteiger partial charge >= 0.3 is 6.03 Å². The fourth-order valence-corrected chi connectivity index (χ4v) is 8.64. The summed E-state index contributed by atoms with van der Waals surface area (Å²) >= 11 is 1.90. The highest BCUT2D eigenvalue weighted by molar-refractivity contribution is 8.00. The van der Waals surface area contributed by atoms with Gasteiger partial charge < -0.3 is 47.9 Å². The molecule has 2 fully saturated rings. The smallest absolute Gasteiger partial charge is 0.315 e. The number of amides is 6. The van der Waals surface area contributed by atoms with Crippen LogP contribution in [0.2, 0.25) is 0 Å². The lowest BCUT2D eigenvalue weighted by molar-refractivity contribution is -0.144. The van der Waals surface area contributed by atoms with Crippen molar-refractivity contribution in [2.75, 3.05) is 71.7 Å². The zero-order valence-corrected chi connectivity index (χ0v) is 35.2. The van der Waals surface area contributed by atoms with E-state index in [0.717, 1.165) is 89.2 Å². The predicted octanol–water partition coefficient (Wildman–Crippen LogP) is 2.63. The molecule has 0 radical (unpaired) electrons. The number of urea groups is 1. The number of carbonyl (C=O) groups is 6. The van der Waals surface area contributed by atoms with Gasteiger partial charge in [0.2, 0.25) is 23.6 Å². The van der Waals surface area contributed by atoms with Gasteiger partial charge in [-0.3, -0.25) is 24.0 Å². The maximum Gasteiger partial charge on any atom is 0.315 e. The van der Waals surface area contributed by atoms with E-state index in [-0.39, 0.29) is 60.6 Å². The summed E-state index contributed by atoms with van der Waals surface area (Å²) in [7, 11) is 1.74. The topological polar surface area (TPSA) is 226 Å². The maximum atomic E-state index is 13.5. The van der Waals surface area contributed by atoms with E-state index in [4.69, 9.17) is 17.2 Å². The van der Waals surface area contributed by atoms with E-state index < -0.39 is 0 Å². The summed E-state index contributed by atoms with van der Waals surface area (Å²) in [5, 5.41) is 9.39. The van der Waals surface area contributed by atoms with Crippen LogP contribution in [-0.2, 0) is 24.0 Å². The number of nitrogens with one attached hydrogen (secondary N) is 3. The Bertz CT molecular complexity index is 1180. The number of nitrogens with two attached hydrogens (primary N) is 3. The average Bonchev–Trinajstić information content (AvgIpc) is 3.74. The van der Waals surface area contributed by atoms with Crippen molar-refractivity contribution in [1.29, 1.82) is 0 Å². The molecule has 0 aliphatic carbocycles. The minimum Gasteiger partial charge on any atom is -0.356 e. The first-order valence-corrected chi connectivity index (χ1v) is 22.5. The van der Waals surface area contributed by atoms with Crippen LogP contribution < -0.4 is 33.2 Å². The summed E-state index contributed by atoms with van der Waals surface area (Å²) in [5.74, 6) is 0.821. The van der Waals surface area contributed by atoms with E-state index in [1.54, 1.807) is 21.7 Å². The SMILES string of the molecule is CN(CCCCN)C(=O)CN(CCCCN)C(=O)CN(CCCCN)C(=O)CCCCCCC(=O)CCCCCNC(=O)CCCCC1SC[C@@H]2NC(=O)N[C@H]12. The third-order valence-corrected chi connectivity index (χ3v) is 12.1. The van der Waals surface area contributed by atoms with Gasteiger partial charge in [0.25, 0.3) is 0 Å². The Hall–Kier alpha value is -2.95. The van der Waals surface area contributed by atoms with Gasteiger partial charge in [-0.1, -0.05) is 25.7 Å². The highest BCUT2D eigenvalue weighted by atomic mass is 32.2. The standard InChI is InChI=1S/C40H75N9O6S/c1-47(26-14-10-22-41)37(53)29-49(28-16-12-24-43)38(54)30-48(27-15-11-23-42)36(52)21-7-3-2-5-17-32(50)18-6-4-13-25-44-35(51)20-9-8-19-34-39-33(31-56-34)45-40(55)46-39/h33-34,39H,2-31,41-43H2,1H3,(H,44,51)(H2,45,46,55)/t33-,34?,39-/m0/s1. The van der Waals surface area contributed by atoms with Crippen LogP contribution in [0.25, 0.3) is 0 Å². The fraction of sp³-hybridized carbons (Fsp3) is 0.850. The molecule has 2 aliphatic heterocycles. The third kappa shape index (κ3) is 21.0. The van der Waals surface area contributed by atoms with Crippen LogP contribution in [0.15, 0.2) is 0 Å². The van der Waals surface area contributed by atoms with Gasteiger partial charge in [0, 0.05) is 69.9 Å². The molecule has 9 N–H and O–H groups in total. The lowest BCUT2D eigenvalue weighted by atomic mass is 10.0. The Labute approximate surface area is 340 Å². The largest absolute Gasteiger partial charge is 0.356 e. The van der Waals surface area contributed by atoms with Crippen LogP contribution in [0.5, 0.6) is 0 Å². The summed E-state index contributed by atoms with van der Waals surface area (Å²) in [6.07, 6.45) is 15.0. The minimum atomic E-state index is -0.241. The Morgan fingerprint density at radius 3 is 1.84 bits per heavy atom. The van der Waals surface area contributed by atoms with Crippen molar-refractivity contribution >= 4 is 47.2 Å². The van der Waals surface area contributed by atoms with Crippen molar-refractivity contribution in [1.82, 2.24) is 30.7 Å². The van der Waals surface area contributed by atoms with Gasteiger partial charge in [-0.15, -0.1) is 0 Å². The second-order valence-electron chi connectivity index (χ2n) is 15.4. The maximum absolute atomic E-state index is 13.5. The van der Waals surface area contributed by atoms with Crippen molar-refractivity contribution in [3.05, 3.63) is 0 Å². The normalized spacial score (nSPS) is 17.2. The van der Waals surface area contributed by atoms with E-state index in [0.29, 0.717) is 96.0 Å². The Morgan fingerprint density at radius 2 is 1.20 bits per heavy atom. The van der Waals surface area contributed by atoms with Crippen LogP contribution in [0, 0.1) is 0 Å². The number of likely N-dealkylation sites (N-methyl/N-ethyl adjacent to an activating group) is 1. The molecule has 0 spiro atoms. The molecule has 1 unspecified atom stereocenters. The molecule has 0 aromatic heterocycles. The summed E-state index contributed by atoms with van der Waals surface area (Å²) in [6, 6.07) is 0.375. The lowest BCUT2D eigenvalue weighted by Gasteiger charge is -2.29. The van der Waals surface area contributed by atoms with Crippen molar-refractivity contribution < 1.29 is 28.8 Å². The van der Waals surface area contributed by atoms with E-state index in [9.17, 15) is 28.8 Å². The van der Waals surface area contributed by atoms with Gasteiger partial charge in [-0.05, 0) is 96.7 Å². The van der Waals surface area contributed by atoms with Gasteiger partial charge in [0.15, 0.2) is 0 Å². The van der Waals surface area contributed by atoms with Gasteiger partial charge in [0.05, 0.1) is 25.2 Å². The van der Waals surface area contributed by atoms with Gasteiger partial charge in [0.1, 0.15) is 5.78 Å². The summed E-state index contributed by atoms with van der Waals surface area (Å²) in [4.78, 5) is 80.6. The number of hydrogen-bond donors (Lipinski definition) is 6. The Morgan fingerprint density at radius 1 is 0.643 bits per heavy atom. The molecule has 6 amide bonds. The second-order valence-corrected chi connectivity index (χ2v) is 16.7. The number of fused-ring (bicyclic) bond motifs is 1. The van der Waals surface area contributed by atoms with Crippen molar-refractivity contribution in [3.8, 4) is 0 Å². The van der Waals surface area contributed by atoms with Crippen molar-refractivity contribution in [2.24, 2.45) is 17.2 Å². The molecule has 16 heteroatoms. The van der Waals surface area contributed by atoms with Crippen molar-refractivity contribution in [2.45, 2.75) is 146 Å². The Balaban J connectivity index is 1.58. The monoisotopic (exact) mass is 810 g/mol. The lowest BCUT2D eigenvalue weighted by Crippen LogP contribution is -2.47. The molecule has 2 rings (SSSR count). The number of ketones is 1. The summed E-state index contributed by atoms with van der Waals surface area (Å²) < 4.78 is 0. The van der Waals surface area contributed by atoms with E-state index >= 15 is 0 Å². The number of nitrogens with zero attached hydrogens (tertiary/aromatic N) is 3. The zero-order chi connectivity index (χ0) is 41.0. The Kier molecular flexibility index (Phi) is 26.5. The number of hydrogen-bond acceptors (Lipinski definition) is 10. The molecule has 2 saturated heterocycles. The number of unbranched alkanes of at least 4 members (excludes halogenated alkanes) is 9. The highest BCUT2D eigenvalue weighted by Gasteiger charge is 2.42. The summed E-state index contributed by atoms with van der Waals surface area (Å²) in [5.41, 5.74) is 17.0. The van der Waals surface area contributed by atoms with Crippen LogP contribution in [0.1, 0.15) is 128 Å². The minimum absolute atomic E-state index is 0.0327. The average molecular weight is 810 g/mol. The molecule has 15 nitrogen and oxygen atoms in total. The predicted molar refractivity (Wildman–Crippen MR) is 224 cm³/mol. The molecule has 0 aromatic carbocycles. The number of carbonyl (C=O) groups excluding carboxylic acids is 6. The fourth-order valence-electron chi connectivity index (χ4n) is 7.09. The van der Waals surface area contributed by atoms with Crippen LogP contribution in [-0.4, -0.2) is 139 Å². The van der Waals surface area contributed by atoms with Crippen molar-refractivity contribution in [3.63, 3.8) is 0 Å². The molecule has 0 bridgehead atoms. The molecule has 322 valence electrons. The first-order chi connectivity index (χ1) is 27.1. The van der Waals surface area contributed by atoms with Gasteiger partial charge in [-0.25, -0.2) is 4.79 Å². The van der Waals surface area contributed by atoms with E-state index in [1.807, 2.05) is 11.8 Å². The van der Waals surface area contributed by atoms with Crippen LogP contribution in [0.4, 0.5) is 4.79 Å². The number of Topliss-reactive ketones (excluding diaryl/α,β-unsaturated/α-hetero) is 1. The molecular formula is C40H75N9O6S. The van der Waals surface area contributed by atoms with Crippen LogP contribution in [0.3, 0.4) is 0 Å². The van der Waals surface area contributed by atoms with Crippen LogP contribution >= 0.6 is 11.8 Å². The molecule has 0 saturated carbocycles. The molecule has 2 heterocycles. The highest BCUT2D eigenvalue weighted by Crippen LogP contribution is 2.33. The summed E-state index contributed by atoms with van der Waals surface area (Å²) in [6.45, 7) is 3.53. The molecular weight excluding hydrogens is 735 g/mol. The van der Waals surface area contributed by atoms with Gasteiger partial charge in [-0.2, -0.15) is 11.8 Å². The second kappa shape index (κ2) is 30.2. The molecule has 0 aromatic rings. The van der Waals surface area contributed by atoms with E-state index in [2.05, 4.69) is 16.0 Å². The first-order valence-electron chi connectivity index (χ1n) is 21.5. The van der Waals surface area contributed by atoms with E-state index in [1.165, 1.54) is 0 Å². The molecule has 3 atom stereocenters.